The summed E-state index contributed by atoms with van der Waals surface area (Å²) in [4.78, 5) is 43.0. The number of ether oxygens (including phenoxy) is 1. The fourth-order valence-corrected chi connectivity index (χ4v) is 4.06. The van der Waals surface area contributed by atoms with Crippen LogP contribution < -0.4 is 10.2 Å². The predicted molar refractivity (Wildman–Crippen MR) is 100.0 cm³/mol. The van der Waals surface area contributed by atoms with Crippen molar-refractivity contribution in [1.29, 1.82) is 0 Å². The number of anilines is 1. The Hall–Kier alpha value is -3.66. The van der Waals surface area contributed by atoms with E-state index < -0.39 is 18.1 Å². The standard InChI is InChI=1S/C19H16N6O4/c1-29-16(12-8-21-24-23-12)11-7-20-17-15-9(11)3-2-4-10(15)19(28)25(17)13-5-6-14(26)22-18(13)27/h2-4,7-8,13,16H,5-6H2,1H3,(H,21,23,24)(H,22,26,27). The van der Waals surface area contributed by atoms with Crippen molar-refractivity contribution in [1.82, 2.24) is 25.7 Å². The second-order valence-electron chi connectivity index (χ2n) is 6.92. The van der Waals surface area contributed by atoms with Crippen molar-refractivity contribution in [3.63, 3.8) is 0 Å². The molecule has 10 nitrogen and oxygen atoms in total. The number of nitrogens with zero attached hydrogens (tertiary/aromatic N) is 4. The highest BCUT2D eigenvalue weighted by Crippen LogP contribution is 2.41. The maximum absolute atomic E-state index is 13.1. The number of carbonyl (C=O) groups is 3. The van der Waals surface area contributed by atoms with Crippen LogP contribution in [0.2, 0.25) is 0 Å². The van der Waals surface area contributed by atoms with Gasteiger partial charge in [0.15, 0.2) is 0 Å². The van der Waals surface area contributed by atoms with Gasteiger partial charge in [-0.25, -0.2) is 4.98 Å². The van der Waals surface area contributed by atoms with Crippen molar-refractivity contribution in [2.75, 3.05) is 12.0 Å². The van der Waals surface area contributed by atoms with Crippen LogP contribution in [0.4, 0.5) is 5.82 Å². The SMILES string of the molecule is COC(c1cn[nH]n1)c1cnc2c3c(cccc13)C(=O)N2C1CCC(=O)NC1=O. The van der Waals surface area contributed by atoms with Crippen molar-refractivity contribution < 1.29 is 19.1 Å². The van der Waals surface area contributed by atoms with Crippen LogP contribution in [-0.2, 0) is 14.3 Å². The molecule has 3 amide bonds. The number of hydrogen-bond donors (Lipinski definition) is 2. The van der Waals surface area contributed by atoms with Crippen LogP contribution in [-0.4, -0.2) is 51.3 Å². The van der Waals surface area contributed by atoms with Gasteiger partial charge in [-0.05, 0) is 17.9 Å². The second-order valence-corrected chi connectivity index (χ2v) is 6.92. The van der Waals surface area contributed by atoms with E-state index in [0.717, 1.165) is 10.9 Å². The maximum Gasteiger partial charge on any atom is 0.260 e. The molecule has 29 heavy (non-hydrogen) atoms. The third-order valence-electron chi connectivity index (χ3n) is 5.34. The average molecular weight is 392 g/mol. The molecule has 1 saturated heterocycles. The molecule has 3 aromatic rings. The summed E-state index contributed by atoms with van der Waals surface area (Å²) in [5, 5.41) is 14.2. The number of aromatic nitrogens is 4. The van der Waals surface area contributed by atoms with E-state index in [1.807, 2.05) is 6.07 Å². The molecule has 2 aromatic heterocycles. The number of aromatic amines is 1. The molecule has 4 heterocycles. The van der Waals surface area contributed by atoms with Gasteiger partial charge in [0.25, 0.3) is 5.91 Å². The first-order chi connectivity index (χ1) is 14.1. The third-order valence-corrected chi connectivity index (χ3v) is 5.34. The first-order valence-corrected chi connectivity index (χ1v) is 9.07. The minimum atomic E-state index is -0.775. The molecule has 2 N–H and O–H groups in total. The number of carbonyl (C=O) groups excluding carboxylic acids is 3. The van der Waals surface area contributed by atoms with Crippen molar-refractivity contribution in [3.05, 3.63) is 47.4 Å². The van der Waals surface area contributed by atoms with Gasteiger partial charge >= 0.3 is 0 Å². The molecule has 1 fully saturated rings. The number of amides is 3. The lowest BCUT2D eigenvalue weighted by Crippen LogP contribution is -2.53. The van der Waals surface area contributed by atoms with E-state index in [1.165, 1.54) is 4.90 Å². The Kier molecular flexibility index (Phi) is 3.88. The molecule has 2 unspecified atom stereocenters. The monoisotopic (exact) mass is 392 g/mol. The minimum absolute atomic E-state index is 0.176. The zero-order valence-corrected chi connectivity index (χ0v) is 15.4. The minimum Gasteiger partial charge on any atom is -0.370 e. The molecule has 1 aromatic carbocycles. The number of piperidine rings is 1. The van der Waals surface area contributed by atoms with E-state index in [2.05, 4.69) is 25.7 Å². The number of methoxy groups -OCH3 is 1. The number of H-pyrrole nitrogens is 1. The molecule has 0 saturated carbocycles. The molecule has 2 aliphatic rings. The Morgan fingerprint density at radius 2 is 2.10 bits per heavy atom. The molecule has 146 valence electrons. The zero-order chi connectivity index (χ0) is 20.1. The van der Waals surface area contributed by atoms with Crippen LogP contribution >= 0.6 is 0 Å². The molecule has 5 rings (SSSR count). The van der Waals surface area contributed by atoms with Crippen LogP contribution in [0.3, 0.4) is 0 Å². The Morgan fingerprint density at radius 3 is 2.83 bits per heavy atom. The fourth-order valence-electron chi connectivity index (χ4n) is 4.06. The van der Waals surface area contributed by atoms with Crippen molar-refractivity contribution >= 4 is 34.3 Å². The smallest absolute Gasteiger partial charge is 0.260 e. The Bertz CT molecular complexity index is 1160. The van der Waals surface area contributed by atoms with E-state index >= 15 is 0 Å². The summed E-state index contributed by atoms with van der Waals surface area (Å²) in [6, 6.07) is 4.60. The van der Waals surface area contributed by atoms with Gasteiger partial charge in [0.1, 0.15) is 23.7 Å². The van der Waals surface area contributed by atoms with Gasteiger partial charge in [-0.3, -0.25) is 24.6 Å². The lowest BCUT2D eigenvalue weighted by atomic mass is 9.99. The fraction of sp³-hybridized carbons (Fsp3) is 0.263. The summed E-state index contributed by atoms with van der Waals surface area (Å²) >= 11 is 0. The van der Waals surface area contributed by atoms with E-state index in [0.29, 0.717) is 22.5 Å². The Labute approximate surface area is 164 Å². The van der Waals surface area contributed by atoms with Gasteiger partial charge < -0.3 is 4.74 Å². The van der Waals surface area contributed by atoms with Crippen LogP contribution in [0.1, 0.15) is 40.6 Å². The van der Waals surface area contributed by atoms with E-state index in [1.54, 1.807) is 31.6 Å². The van der Waals surface area contributed by atoms with Crippen LogP contribution in [0, 0.1) is 0 Å². The molecule has 0 bridgehead atoms. The summed E-state index contributed by atoms with van der Waals surface area (Å²) in [7, 11) is 1.56. The van der Waals surface area contributed by atoms with Gasteiger partial charge in [-0.2, -0.15) is 15.4 Å². The molecule has 0 spiro atoms. The molecule has 0 aliphatic carbocycles. The molecule has 0 radical (unpaired) electrons. The van der Waals surface area contributed by atoms with E-state index in [4.69, 9.17) is 4.74 Å². The quantitative estimate of drug-likeness (QED) is 0.630. The molecular weight excluding hydrogens is 376 g/mol. The van der Waals surface area contributed by atoms with Crippen LogP contribution in [0.5, 0.6) is 0 Å². The first kappa shape index (κ1) is 17.4. The van der Waals surface area contributed by atoms with E-state index in [9.17, 15) is 14.4 Å². The van der Waals surface area contributed by atoms with Crippen LogP contribution in [0.25, 0.3) is 10.8 Å². The number of benzene rings is 1. The van der Waals surface area contributed by atoms with Crippen molar-refractivity contribution in [3.8, 4) is 0 Å². The first-order valence-electron chi connectivity index (χ1n) is 9.07. The van der Waals surface area contributed by atoms with Gasteiger partial charge in [-0.1, -0.05) is 12.1 Å². The normalized spacial score (nSPS) is 19.7. The number of rotatable bonds is 4. The summed E-state index contributed by atoms with van der Waals surface area (Å²) < 4.78 is 5.63. The lowest BCUT2D eigenvalue weighted by Gasteiger charge is -2.29. The summed E-state index contributed by atoms with van der Waals surface area (Å²) in [5.74, 6) is -0.716. The number of imide groups is 1. The summed E-state index contributed by atoms with van der Waals surface area (Å²) in [5.41, 5.74) is 1.79. The van der Waals surface area contributed by atoms with Crippen molar-refractivity contribution in [2.24, 2.45) is 0 Å². The third kappa shape index (κ3) is 2.53. The predicted octanol–water partition coefficient (Wildman–Crippen LogP) is 0.854. The number of hydrogen-bond acceptors (Lipinski definition) is 7. The molecule has 10 heteroatoms. The molecular formula is C19H16N6O4. The van der Waals surface area contributed by atoms with Gasteiger partial charge in [0, 0.05) is 30.7 Å². The topological polar surface area (TPSA) is 130 Å². The average Bonchev–Trinajstić information content (AvgIpc) is 3.33. The summed E-state index contributed by atoms with van der Waals surface area (Å²) in [6.07, 6.45) is 3.11. The van der Waals surface area contributed by atoms with E-state index in [-0.39, 0.29) is 24.7 Å². The second kappa shape index (κ2) is 6.45. The highest BCUT2D eigenvalue weighted by Gasteiger charge is 2.42. The number of pyridine rings is 1. The van der Waals surface area contributed by atoms with Crippen molar-refractivity contribution in [2.45, 2.75) is 25.0 Å². The Balaban J connectivity index is 1.66. The number of nitrogens with one attached hydrogen (secondary N) is 2. The van der Waals surface area contributed by atoms with Gasteiger partial charge in [-0.15, -0.1) is 0 Å². The van der Waals surface area contributed by atoms with Gasteiger partial charge in [0.05, 0.1) is 11.8 Å². The Morgan fingerprint density at radius 1 is 1.24 bits per heavy atom. The summed E-state index contributed by atoms with van der Waals surface area (Å²) in [6.45, 7) is 0. The highest BCUT2D eigenvalue weighted by atomic mass is 16.5. The highest BCUT2D eigenvalue weighted by molar-refractivity contribution is 6.26. The van der Waals surface area contributed by atoms with Crippen LogP contribution in [0.15, 0.2) is 30.6 Å². The maximum atomic E-state index is 13.1. The van der Waals surface area contributed by atoms with Gasteiger partial charge in [0.2, 0.25) is 11.8 Å². The molecule has 2 aliphatic heterocycles. The zero-order valence-electron chi connectivity index (χ0n) is 15.4. The lowest BCUT2D eigenvalue weighted by molar-refractivity contribution is -0.134. The molecule has 2 atom stereocenters. The largest absolute Gasteiger partial charge is 0.370 e.